The summed E-state index contributed by atoms with van der Waals surface area (Å²) in [6.07, 6.45) is 0. The average Bonchev–Trinajstić information content (AvgIpc) is 2.85. The van der Waals surface area contributed by atoms with Gasteiger partial charge in [0.15, 0.2) is 0 Å². The summed E-state index contributed by atoms with van der Waals surface area (Å²) in [6.45, 7) is 30.7. The van der Waals surface area contributed by atoms with E-state index in [9.17, 15) is 0 Å². The maximum atomic E-state index is 6.36. The predicted octanol–water partition coefficient (Wildman–Crippen LogP) is 9.57. The molecule has 3 aromatic rings. The van der Waals surface area contributed by atoms with Crippen LogP contribution in [0.5, 0.6) is 0 Å². The SMILES string of the molecule is CCN1P(=N[Si](C)(C)C)(N([Si](C)(C)C)[Si](C)(C)C)N([Si](C)(C)C)P1(c1ccccc1)(c1ccccc1)c1ccccc1. The van der Waals surface area contributed by atoms with Gasteiger partial charge in [0.05, 0.1) is 0 Å². The van der Waals surface area contributed by atoms with Crippen molar-refractivity contribution in [2.75, 3.05) is 6.54 Å². The summed E-state index contributed by atoms with van der Waals surface area (Å²) >= 11 is 0. The van der Waals surface area contributed by atoms with Gasteiger partial charge in [0.1, 0.15) is 0 Å². The Morgan fingerprint density at radius 3 is 1.17 bits per heavy atom. The fraction of sp³-hybridized carbons (Fsp3) is 0.438. The Morgan fingerprint density at radius 2 is 0.929 bits per heavy atom. The molecule has 42 heavy (non-hydrogen) atoms. The van der Waals surface area contributed by atoms with E-state index in [2.05, 4.69) is 189 Å². The average molecular weight is 671 g/mol. The second kappa shape index (κ2) is 11.1. The van der Waals surface area contributed by atoms with E-state index in [0.717, 1.165) is 6.54 Å². The molecule has 230 valence electrons. The molecule has 10 heteroatoms. The van der Waals surface area contributed by atoms with E-state index in [1.165, 1.54) is 15.9 Å². The van der Waals surface area contributed by atoms with Gasteiger partial charge in [-0.2, -0.15) is 0 Å². The van der Waals surface area contributed by atoms with Crippen LogP contribution in [0.25, 0.3) is 0 Å². The van der Waals surface area contributed by atoms with E-state index in [0.29, 0.717) is 0 Å². The van der Waals surface area contributed by atoms with Crippen molar-refractivity contribution in [1.29, 1.82) is 0 Å². The molecular formula is C32H56N4P2Si4. The number of hydrogen-bond acceptors (Lipinski definition) is 1. The van der Waals surface area contributed by atoms with Crippen molar-refractivity contribution >= 4 is 63.3 Å². The Hall–Kier alpha value is -0.932. The first-order valence-electron chi connectivity index (χ1n) is 15.5. The standard InChI is InChI=1S/C32H56N4P2Si4/c1-14-34-37(33-39(2,3)4,36(41(8,9)10)42(11,12)13)35(40(5,6)7)38(34,30-24-18-15-19-25-30,31-26-20-16-21-27-31)32-28-22-17-23-29-32/h15-29H,14H2,1-13H3. The zero-order valence-electron chi connectivity index (χ0n) is 28.6. The van der Waals surface area contributed by atoms with E-state index in [1.54, 1.807) is 0 Å². The minimum atomic E-state index is -3.41. The number of hydrogen-bond donors (Lipinski definition) is 0. The van der Waals surface area contributed by atoms with Crippen LogP contribution in [0.15, 0.2) is 95.4 Å². The van der Waals surface area contributed by atoms with E-state index < -0.39 is 47.4 Å². The number of nitrogens with zero attached hydrogens (tertiary/aromatic N) is 4. The van der Waals surface area contributed by atoms with Crippen LogP contribution in [0.3, 0.4) is 0 Å². The first kappa shape index (κ1) is 34.0. The van der Waals surface area contributed by atoms with Crippen LogP contribution >= 0.6 is 14.4 Å². The quantitative estimate of drug-likeness (QED) is 0.167. The molecule has 1 unspecified atom stereocenters. The Kier molecular flexibility index (Phi) is 9.01. The van der Waals surface area contributed by atoms with Gasteiger partial charge in [-0.3, -0.25) is 0 Å². The Balaban J connectivity index is 2.45. The zero-order chi connectivity index (χ0) is 31.4. The summed E-state index contributed by atoms with van der Waals surface area (Å²) in [7, 11) is -10.1. The molecular weight excluding hydrogens is 615 g/mol. The third-order valence-electron chi connectivity index (χ3n) is 7.97. The Bertz CT molecular complexity index is 1330. The van der Waals surface area contributed by atoms with E-state index in [-0.39, 0.29) is 0 Å². The first-order chi connectivity index (χ1) is 19.3. The number of rotatable bonds is 9. The molecule has 0 aromatic heterocycles. The molecule has 4 rings (SSSR count). The molecule has 0 radical (unpaired) electrons. The molecule has 0 saturated carbocycles. The van der Waals surface area contributed by atoms with Crippen LogP contribution in [0.2, 0.25) is 78.6 Å². The summed E-state index contributed by atoms with van der Waals surface area (Å²) in [5.74, 6) is 0. The van der Waals surface area contributed by atoms with E-state index in [1.807, 2.05) is 0 Å². The summed E-state index contributed by atoms with van der Waals surface area (Å²) in [5.41, 5.74) is 0. The molecule has 1 heterocycles. The molecule has 0 aliphatic carbocycles. The normalized spacial score (nSPS) is 22.7. The van der Waals surface area contributed by atoms with Crippen molar-refractivity contribution in [3.63, 3.8) is 0 Å². The van der Waals surface area contributed by atoms with Gasteiger partial charge in [0.25, 0.3) is 0 Å². The second-order valence-electron chi connectivity index (χ2n) is 15.6. The summed E-state index contributed by atoms with van der Waals surface area (Å²) < 4.78 is 15.8. The Labute approximate surface area is 262 Å². The molecule has 1 saturated heterocycles. The molecule has 1 fully saturated rings. The Morgan fingerprint density at radius 1 is 0.595 bits per heavy atom. The van der Waals surface area contributed by atoms with Gasteiger partial charge in [-0.25, -0.2) is 0 Å². The third-order valence-corrected chi connectivity index (χ3v) is 41.2. The van der Waals surface area contributed by atoms with Gasteiger partial charge < -0.3 is 0 Å². The maximum absolute atomic E-state index is 6.36. The van der Waals surface area contributed by atoms with E-state index in [4.69, 9.17) is 4.41 Å². The van der Waals surface area contributed by atoms with Crippen LogP contribution in [0.1, 0.15) is 6.92 Å². The van der Waals surface area contributed by atoms with Crippen LogP contribution in [-0.2, 0) is 0 Å². The van der Waals surface area contributed by atoms with Gasteiger partial charge in [0.2, 0.25) is 0 Å². The van der Waals surface area contributed by atoms with Crippen molar-refractivity contribution < 1.29 is 0 Å². The summed E-state index contributed by atoms with van der Waals surface area (Å²) in [5, 5.41) is 4.37. The minimum absolute atomic E-state index is 0.963. The molecule has 1 atom stereocenters. The van der Waals surface area contributed by atoms with Gasteiger partial charge in [-0.1, -0.05) is 0 Å². The van der Waals surface area contributed by atoms with Crippen LogP contribution in [0.4, 0.5) is 0 Å². The summed E-state index contributed by atoms with van der Waals surface area (Å²) in [4.78, 5) is 0. The predicted molar refractivity (Wildman–Crippen MR) is 204 cm³/mol. The van der Waals surface area contributed by atoms with Crippen molar-refractivity contribution in [3.05, 3.63) is 91.0 Å². The monoisotopic (exact) mass is 670 g/mol. The zero-order valence-corrected chi connectivity index (χ0v) is 34.3. The van der Waals surface area contributed by atoms with Gasteiger partial charge in [-0.15, -0.1) is 0 Å². The van der Waals surface area contributed by atoms with Crippen molar-refractivity contribution in [1.82, 2.24) is 12.5 Å². The molecule has 1 aliphatic rings. The third kappa shape index (κ3) is 4.94. The van der Waals surface area contributed by atoms with Crippen molar-refractivity contribution in [3.8, 4) is 0 Å². The molecule has 0 bridgehead atoms. The molecule has 0 spiro atoms. The molecule has 4 nitrogen and oxygen atoms in total. The van der Waals surface area contributed by atoms with E-state index >= 15 is 0 Å². The van der Waals surface area contributed by atoms with Crippen LogP contribution in [-0.4, -0.2) is 52.0 Å². The van der Waals surface area contributed by atoms with Crippen molar-refractivity contribution in [2.24, 2.45) is 4.41 Å². The molecule has 1 aliphatic heterocycles. The topological polar surface area (TPSA) is 22.1 Å². The first-order valence-corrected chi connectivity index (χ1v) is 33.1. The molecule has 0 N–H and O–H groups in total. The molecule has 0 amide bonds. The van der Waals surface area contributed by atoms with Crippen LogP contribution in [0, 0.1) is 0 Å². The second-order valence-corrected chi connectivity index (χ2v) is 44.6. The van der Waals surface area contributed by atoms with Gasteiger partial charge in [0, 0.05) is 0 Å². The van der Waals surface area contributed by atoms with Crippen molar-refractivity contribution in [2.45, 2.75) is 85.5 Å². The van der Waals surface area contributed by atoms with Gasteiger partial charge in [-0.05, 0) is 0 Å². The van der Waals surface area contributed by atoms with Gasteiger partial charge >= 0.3 is 263 Å². The number of benzene rings is 3. The van der Waals surface area contributed by atoms with Crippen LogP contribution < -0.4 is 15.9 Å². The molecule has 3 aromatic carbocycles. The fourth-order valence-electron chi connectivity index (χ4n) is 7.93. The fourth-order valence-corrected chi connectivity index (χ4v) is 54.5. The summed E-state index contributed by atoms with van der Waals surface area (Å²) in [6, 6.07) is 34.9.